The van der Waals surface area contributed by atoms with Gasteiger partial charge in [0.15, 0.2) is 0 Å². The monoisotopic (exact) mass is 229 g/mol. The van der Waals surface area contributed by atoms with E-state index in [1.165, 1.54) is 23.9 Å². The molecule has 0 aliphatic carbocycles. The van der Waals surface area contributed by atoms with Crippen molar-refractivity contribution in [2.24, 2.45) is 0 Å². The third-order valence-electron chi connectivity index (χ3n) is 3.66. The molecule has 2 heterocycles. The van der Waals surface area contributed by atoms with Crippen molar-refractivity contribution in [2.45, 2.75) is 39.3 Å². The zero-order valence-electron chi connectivity index (χ0n) is 10.5. The predicted octanol–water partition coefficient (Wildman–Crippen LogP) is 2.41. The fraction of sp³-hybridized carbons (Fsp3) is 0.500. The molecule has 0 bridgehead atoms. The van der Waals surface area contributed by atoms with Crippen molar-refractivity contribution >= 4 is 11.0 Å². The average Bonchev–Trinajstić information content (AvgIpc) is 2.90. The van der Waals surface area contributed by atoms with Gasteiger partial charge in [0.25, 0.3) is 0 Å². The fourth-order valence-electron chi connectivity index (χ4n) is 2.72. The van der Waals surface area contributed by atoms with Crippen LogP contribution in [0.2, 0.25) is 0 Å². The first-order chi connectivity index (χ1) is 8.24. The second-order valence-electron chi connectivity index (χ2n) is 5.06. The van der Waals surface area contributed by atoms with Crippen molar-refractivity contribution in [3.8, 4) is 0 Å². The summed E-state index contributed by atoms with van der Waals surface area (Å²) >= 11 is 0. The summed E-state index contributed by atoms with van der Waals surface area (Å²) in [4.78, 5) is 4.63. The van der Waals surface area contributed by atoms with Gasteiger partial charge in [0.1, 0.15) is 5.82 Å². The van der Waals surface area contributed by atoms with Gasteiger partial charge in [-0.15, -0.1) is 0 Å². The van der Waals surface area contributed by atoms with Crippen LogP contribution in [0.5, 0.6) is 0 Å². The SMILES string of the molecule is Cc1ccc2nc(C)n(CC3CCCN3)c2c1. The Morgan fingerprint density at radius 3 is 3.06 bits per heavy atom. The molecule has 1 saturated heterocycles. The third-order valence-corrected chi connectivity index (χ3v) is 3.66. The van der Waals surface area contributed by atoms with Gasteiger partial charge in [0, 0.05) is 12.6 Å². The lowest BCUT2D eigenvalue weighted by atomic mass is 10.2. The van der Waals surface area contributed by atoms with E-state index < -0.39 is 0 Å². The number of nitrogens with one attached hydrogen (secondary N) is 1. The predicted molar refractivity (Wildman–Crippen MR) is 70.2 cm³/mol. The van der Waals surface area contributed by atoms with Crippen molar-refractivity contribution in [2.75, 3.05) is 6.54 Å². The average molecular weight is 229 g/mol. The van der Waals surface area contributed by atoms with E-state index in [0.29, 0.717) is 6.04 Å². The Balaban J connectivity index is 2.01. The molecular weight excluding hydrogens is 210 g/mol. The van der Waals surface area contributed by atoms with Crippen LogP contribution in [0.4, 0.5) is 0 Å². The summed E-state index contributed by atoms with van der Waals surface area (Å²) in [5.41, 5.74) is 3.69. The number of rotatable bonds is 2. The van der Waals surface area contributed by atoms with Gasteiger partial charge in [-0.1, -0.05) is 6.07 Å². The Hall–Kier alpha value is -1.35. The van der Waals surface area contributed by atoms with Crippen LogP contribution in [0.15, 0.2) is 18.2 Å². The minimum Gasteiger partial charge on any atom is -0.327 e. The summed E-state index contributed by atoms with van der Waals surface area (Å²) in [7, 11) is 0. The van der Waals surface area contributed by atoms with Gasteiger partial charge in [0.2, 0.25) is 0 Å². The zero-order chi connectivity index (χ0) is 11.8. The van der Waals surface area contributed by atoms with Crippen LogP contribution in [-0.2, 0) is 6.54 Å². The van der Waals surface area contributed by atoms with Crippen molar-refractivity contribution in [3.05, 3.63) is 29.6 Å². The number of imidazole rings is 1. The first kappa shape index (κ1) is 10.8. The number of aryl methyl sites for hydroxylation is 2. The lowest BCUT2D eigenvalue weighted by molar-refractivity contribution is 0.510. The van der Waals surface area contributed by atoms with E-state index >= 15 is 0 Å². The molecule has 0 radical (unpaired) electrons. The number of benzene rings is 1. The molecule has 1 N–H and O–H groups in total. The minimum atomic E-state index is 0.617. The van der Waals surface area contributed by atoms with Gasteiger partial charge in [-0.05, 0) is 50.9 Å². The van der Waals surface area contributed by atoms with Crippen molar-refractivity contribution in [1.29, 1.82) is 0 Å². The Kier molecular flexibility index (Phi) is 2.63. The summed E-state index contributed by atoms with van der Waals surface area (Å²) in [5.74, 6) is 1.12. The number of hydrogen-bond donors (Lipinski definition) is 1. The van der Waals surface area contributed by atoms with E-state index in [1.807, 2.05) is 0 Å². The maximum Gasteiger partial charge on any atom is 0.106 e. The molecule has 0 spiro atoms. The summed E-state index contributed by atoms with van der Waals surface area (Å²) in [6.45, 7) is 6.45. The highest BCUT2D eigenvalue weighted by molar-refractivity contribution is 5.76. The molecule has 0 saturated carbocycles. The Morgan fingerprint density at radius 1 is 1.41 bits per heavy atom. The van der Waals surface area contributed by atoms with Gasteiger partial charge < -0.3 is 9.88 Å². The number of aromatic nitrogens is 2. The van der Waals surface area contributed by atoms with E-state index in [1.54, 1.807) is 0 Å². The topological polar surface area (TPSA) is 29.9 Å². The smallest absolute Gasteiger partial charge is 0.106 e. The van der Waals surface area contributed by atoms with Crippen LogP contribution in [-0.4, -0.2) is 22.1 Å². The first-order valence-electron chi connectivity index (χ1n) is 6.41. The van der Waals surface area contributed by atoms with E-state index in [9.17, 15) is 0 Å². The number of fused-ring (bicyclic) bond motifs is 1. The van der Waals surface area contributed by atoms with Crippen molar-refractivity contribution in [1.82, 2.24) is 14.9 Å². The summed E-state index contributed by atoms with van der Waals surface area (Å²) in [5, 5.41) is 3.55. The van der Waals surface area contributed by atoms with Crippen molar-refractivity contribution in [3.63, 3.8) is 0 Å². The van der Waals surface area contributed by atoms with Gasteiger partial charge >= 0.3 is 0 Å². The molecule has 2 aromatic rings. The van der Waals surface area contributed by atoms with Crippen LogP contribution < -0.4 is 5.32 Å². The van der Waals surface area contributed by atoms with E-state index in [2.05, 4.69) is 46.9 Å². The number of hydrogen-bond acceptors (Lipinski definition) is 2. The van der Waals surface area contributed by atoms with Crippen LogP contribution >= 0.6 is 0 Å². The molecule has 17 heavy (non-hydrogen) atoms. The molecule has 3 nitrogen and oxygen atoms in total. The number of nitrogens with zero attached hydrogens (tertiary/aromatic N) is 2. The molecule has 1 aliphatic rings. The highest BCUT2D eigenvalue weighted by Gasteiger charge is 2.17. The van der Waals surface area contributed by atoms with Crippen molar-refractivity contribution < 1.29 is 0 Å². The maximum absolute atomic E-state index is 4.63. The standard InChI is InChI=1S/C14H19N3/c1-10-5-6-13-14(8-10)17(11(2)16-13)9-12-4-3-7-15-12/h5-6,8,12,15H,3-4,7,9H2,1-2H3. The molecular formula is C14H19N3. The molecule has 1 fully saturated rings. The van der Waals surface area contributed by atoms with Gasteiger partial charge in [0.05, 0.1) is 11.0 Å². The zero-order valence-corrected chi connectivity index (χ0v) is 10.5. The molecule has 90 valence electrons. The highest BCUT2D eigenvalue weighted by atomic mass is 15.1. The Labute approximate surface area is 102 Å². The Bertz CT molecular complexity index is 536. The summed E-state index contributed by atoms with van der Waals surface area (Å²) in [6.07, 6.45) is 2.58. The molecule has 0 amide bonds. The van der Waals surface area contributed by atoms with Crippen LogP contribution in [0.1, 0.15) is 24.2 Å². The maximum atomic E-state index is 4.63. The molecule has 1 aromatic heterocycles. The second kappa shape index (κ2) is 4.15. The summed E-state index contributed by atoms with van der Waals surface area (Å²) in [6, 6.07) is 7.11. The Morgan fingerprint density at radius 2 is 2.29 bits per heavy atom. The normalized spacial score (nSPS) is 20.2. The van der Waals surface area contributed by atoms with Crippen LogP contribution in [0.3, 0.4) is 0 Å². The first-order valence-corrected chi connectivity index (χ1v) is 6.41. The largest absolute Gasteiger partial charge is 0.327 e. The highest BCUT2D eigenvalue weighted by Crippen LogP contribution is 2.19. The van der Waals surface area contributed by atoms with E-state index in [0.717, 1.165) is 24.4 Å². The van der Waals surface area contributed by atoms with Gasteiger partial charge in [-0.3, -0.25) is 0 Å². The van der Waals surface area contributed by atoms with E-state index in [4.69, 9.17) is 0 Å². The molecule has 1 aliphatic heterocycles. The van der Waals surface area contributed by atoms with Crippen LogP contribution in [0, 0.1) is 13.8 Å². The lowest BCUT2D eigenvalue weighted by Gasteiger charge is -2.13. The second-order valence-corrected chi connectivity index (χ2v) is 5.06. The molecule has 1 atom stereocenters. The lowest BCUT2D eigenvalue weighted by Crippen LogP contribution is -2.27. The quantitative estimate of drug-likeness (QED) is 0.857. The third kappa shape index (κ3) is 1.95. The van der Waals surface area contributed by atoms with E-state index in [-0.39, 0.29) is 0 Å². The summed E-state index contributed by atoms with van der Waals surface area (Å²) < 4.78 is 2.35. The fourth-order valence-corrected chi connectivity index (χ4v) is 2.72. The van der Waals surface area contributed by atoms with Gasteiger partial charge in [-0.2, -0.15) is 0 Å². The van der Waals surface area contributed by atoms with Crippen LogP contribution in [0.25, 0.3) is 11.0 Å². The molecule has 1 unspecified atom stereocenters. The molecule has 3 heteroatoms. The molecule has 1 aromatic carbocycles. The minimum absolute atomic E-state index is 0.617. The van der Waals surface area contributed by atoms with Gasteiger partial charge in [-0.25, -0.2) is 4.98 Å². The molecule has 3 rings (SSSR count).